The van der Waals surface area contributed by atoms with Crippen molar-refractivity contribution < 1.29 is 9.53 Å². The molecule has 3 aromatic heterocycles. The fraction of sp³-hybridized carbons (Fsp3) is 0.471. The monoisotopic (exact) mass is 340 g/mol. The summed E-state index contributed by atoms with van der Waals surface area (Å²) in [5.41, 5.74) is 1.93. The van der Waals surface area contributed by atoms with Crippen molar-refractivity contribution in [2.75, 3.05) is 0 Å². The van der Waals surface area contributed by atoms with Crippen LogP contribution in [0.3, 0.4) is 0 Å². The number of hydrogen-bond acceptors (Lipinski definition) is 6. The highest BCUT2D eigenvalue weighted by molar-refractivity contribution is 6.02. The van der Waals surface area contributed by atoms with Crippen molar-refractivity contribution in [3.05, 3.63) is 35.7 Å². The second kappa shape index (κ2) is 5.94. The van der Waals surface area contributed by atoms with E-state index in [0.29, 0.717) is 28.5 Å². The van der Waals surface area contributed by atoms with Crippen LogP contribution in [-0.2, 0) is 11.3 Å². The molecule has 0 radical (unpaired) electrons. The number of esters is 1. The van der Waals surface area contributed by atoms with Gasteiger partial charge in [-0.15, -0.1) is 10.2 Å². The van der Waals surface area contributed by atoms with Crippen molar-refractivity contribution in [1.82, 2.24) is 29.5 Å². The van der Waals surface area contributed by atoms with Crippen LogP contribution in [0.4, 0.5) is 0 Å². The molecule has 8 heteroatoms. The number of carbonyl (C=O) groups is 1. The molecule has 3 aromatic rings. The minimum atomic E-state index is -0.399. The van der Waals surface area contributed by atoms with E-state index in [1.807, 2.05) is 30.0 Å². The Kier molecular flexibility index (Phi) is 3.74. The second-order valence-electron chi connectivity index (χ2n) is 6.69. The molecule has 1 fully saturated rings. The lowest BCUT2D eigenvalue weighted by Gasteiger charge is -2.09. The van der Waals surface area contributed by atoms with E-state index in [1.165, 1.54) is 0 Å². The van der Waals surface area contributed by atoms with Gasteiger partial charge in [-0.05, 0) is 39.7 Å². The van der Waals surface area contributed by atoms with Crippen LogP contribution in [0.15, 0.2) is 18.6 Å². The van der Waals surface area contributed by atoms with Crippen LogP contribution >= 0.6 is 0 Å². The van der Waals surface area contributed by atoms with Gasteiger partial charge in [-0.3, -0.25) is 0 Å². The number of pyridine rings is 1. The van der Waals surface area contributed by atoms with Crippen molar-refractivity contribution in [1.29, 1.82) is 0 Å². The molecule has 0 N–H and O–H groups in total. The van der Waals surface area contributed by atoms with Crippen molar-refractivity contribution >= 4 is 17.0 Å². The minimum Gasteiger partial charge on any atom is -0.454 e. The quantitative estimate of drug-likeness (QED) is 0.663. The maximum atomic E-state index is 12.6. The number of hydrogen-bond donors (Lipinski definition) is 0. The predicted molar refractivity (Wildman–Crippen MR) is 90.1 cm³/mol. The van der Waals surface area contributed by atoms with E-state index in [1.54, 1.807) is 18.6 Å². The van der Waals surface area contributed by atoms with E-state index in [0.717, 1.165) is 18.5 Å². The van der Waals surface area contributed by atoms with Crippen LogP contribution in [-0.4, -0.2) is 35.5 Å². The molecular formula is C17H20N6O2. The van der Waals surface area contributed by atoms with Gasteiger partial charge in [-0.2, -0.15) is 5.10 Å². The summed E-state index contributed by atoms with van der Waals surface area (Å²) in [6, 6.07) is 2.35. The number of aromatic nitrogens is 6. The zero-order chi connectivity index (χ0) is 17.6. The zero-order valence-corrected chi connectivity index (χ0v) is 14.5. The van der Waals surface area contributed by atoms with E-state index in [-0.39, 0.29) is 12.6 Å². The predicted octanol–water partition coefficient (Wildman–Crippen LogP) is 2.60. The molecule has 1 aliphatic rings. The Morgan fingerprint density at radius 3 is 2.92 bits per heavy atom. The molecule has 0 spiro atoms. The minimum absolute atomic E-state index is 0.108. The number of fused-ring (bicyclic) bond motifs is 1. The van der Waals surface area contributed by atoms with Crippen LogP contribution in [0, 0.1) is 6.92 Å². The Balaban J connectivity index is 1.60. The van der Waals surface area contributed by atoms with Crippen LogP contribution in [0.5, 0.6) is 0 Å². The topological polar surface area (TPSA) is 87.7 Å². The first kappa shape index (κ1) is 15.7. The molecule has 4 rings (SSSR count). The number of ether oxygens (including phenoxy) is 1. The average molecular weight is 340 g/mol. The van der Waals surface area contributed by atoms with Crippen molar-refractivity contribution in [3.8, 4) is 0 Å². The van der Waals surface area contributed by atoms with E-state index < -0.39 is 5.97 Å². The third kappa shape index (κ3) is 2.88. The maximum absolute atomic E-state index is 12.6. The van der Waals surface area contributed by atoms with Gasteiger partial charge in [0, 0.05) is 17.8 Å². The van der Waals surface area contributed by atoms with Crippen molar-refractivity contribution in [3.63, 3.8) is 0 Å². The Hall–Kier alpha value is -2.77. The van der Waals surface area contributed by atoms with Crippen molar-refractivity contribution in [2.45, 2.75) is 52.3 Å². The van der Waals surface area contributed by atoms with Crippen LogP contribution < -0.4 is 0 Å². The summed E-state index contributed by atoms with van der Waals surface area (Å²) < 4.78 is 9.29. The molecule has 0 aromatic carbocycles. The second-order valence-corrected chi connectivity index (χ2v) is 6.69. The van der Waals surface area contributed by atoms with Gasteiger partial charge in [-0.1, -0.05) is 0 Å². The van der Waals surface area contributed by atoms with Crippen molar-refractivity contribution in [2.24, 2.45) is 0 Å². The smallest absolute Gasteiger partial charge is 0.339 e. The molecule has 0 amide bonds. The highest BCUT2D eigenvalue weighted by Gasteiger charge is 2.26. The first-order valence-electron chi connectivity index (χ1n) is 8.45. The van der Waals surface area contributed by atoms with E-state index in [9.17, 15) is 4.79 Å². The fourth-order valence-electron chi connectivity index (χ4n) is 2.93. The van der Waals surface area contributed by atoms with Gasteiger partial charge >= 0.3 is 5.97 Å². The molecular weight excluding hydrogens is 320 g/mol. The van der Waals surface area contributed by atoms with Gasteiger partial charge in [0.2, 0.25) is 0 Å². The zero-order valence-electron chi connectivity index (χ0n) is 14.5. The van der Waals surface area contributed by atoms with Gasteiger partial charge in [0.05, 0.1) is 17.1 Å². The van der Waals surface area contributed by atoms with E-state index >= 15 is 0 Å². The summed E-state index contributed by atoms with van der Waals surface area (Å²) in [7, 11) is 0. The van der Waals surface area contributed by atoms with Crippen LogP contribution in [0.1, 0.15) is 60.6 Å². The van der Waals surface area contributed by atoms with Crippen LogP contribution in [0.25, 0.3) is 11.0 Å². The van der Waals surface area contributed by atoms with Crippen LogP contribution in [0.2, 0.25) is 0 Å². The Labute approximate surface area is 144 Å². The number of nitrogens with zero attached hydrogens (tertiary/aromatic N) is 6. The van der Waals surface area contributed by atoms with E-state index in [4.69, 9.17) is 4.74 Å². The normalized spacial score (nSPS) is 14.4. The molecule has 0 atom stereocenters. The van der Waals surface area contributed by atoms with Gasteiger partial charge in [-0.25, -0.2) is 14.5 Å². The molecule has 0 aliphatic heterocycles. The SMILES string of the molecule is Cc1cc(C(=O)OCc2nncn2C2CC2)c2cnn(C(C)C)c2n1. The standard InChI is InChI=1S/C17H20N6O2/c1-10(2)23-16-14(7-19-23)13(6-11(3)20-16)17(24)25-8-15-21-18-9-22(15)12-4-5-12/h6-7,9-10,12H,4-5,8H2,1-3H3. The summed E-state index contributed by atoms with van der Waals surface area (Å²) in [6.45, 7) is 6.02. The first-order valence-corrected chi connectivity index (χ1v) is 8.45. The summed E-state index contributed by atoms with van der Waals surface area (Å²) in [5, 5.41) is 13.0. The van der Waals surface area contributed by atoms with E-state index in [2.05, 4.69) is 20.3 Å². The Bertz CT molecular complexity index is 938. The number of rotatable bonds is 5. The molecule has 25 heavy (non-hydrogen) atoms. The third-order valence-corrected chi connectivity index (χ3v) is 4.32. The molecule has 8 nitrogen and oxygen atoms in total. The van der Waals surface area contributed by atoms with Gasteiger partial charge in [0.25, 0.3) is 0 Å². The highest BCUT2D eigenvalue weighted by Crippen LogP contribution is 2.35. The van der Waals surface area contributed by atoms with Gasteiger partial charge < -0.3 is 9.30 Å². The van der Waals surface area contributed by atoms with Gasteiger partial charge in [0.15, 0.2) is 18.1 Å². The molecule has 0 unspecified atom stereocenters. The summed E-state index contributed by atoms with van der Waals surface area (Å²) in [5.74, 6) is 0.278. The maximum Gasteiger partial charge on any atom is 0.339 e. The Morgan fingerprint density at radius 2 is 2.20 bits per heavy atom. The molecule has 3 heterocycles. The number of carbonyl (C=O) groups excluding carboxylic acids is 1. The molecule has 1 saturated carbocycles. The average Bonchev–Trinajstić information content (AvgIpc) is 3.15. The molecule has 130 valence electrons. The summed E-state index contributed by atoms with van der Waals surface area (Å²) >= 11 is 0. The Morgan fingerprint density at radius 1 is 1.40 bits per heavy atom. The third-order valence-electron chi connectivity index (χ3n) is 4.32. The lowest BCUT2D eigenvalue weighted by atomic mass is 10.1. The molecule has 0 bridgehead atoms. The highest BCUT2D eigenvalue weighted by atomic mass is 16.5. The first-order chi connectivity index (χ1) is 12.0. The lowest BCUT2D eigenvalue weighted by Crippen LogP contribution is -2.11. The largest absolute Gasteiger partial charge is 0.454 e. The summed E-state index contributed by atoms with van der Waals surface area (Å²) in [6.07, 6.45) is 5.61. The van der Waals surface area contributed by atoms with Gasteiger partial charge in [0.1, 0.15) is 6.33 Å². The fourth-order valence-corrected chi connectivity index (χ4v) is 2.93. The number of aryl methyl sites for hydroxylation is 1. The molecule has 0 saturated heterocycles. The lowest BCUT2D eigenvalue weighted by molar-refractivity contribution is 0.0459. The summed E-state index contributed by atoms with van der Waals surface area (Å²) in [4.78, 5) is 17.2. The molecule has 1 aliphatic carbocycles.